The average molecular weight is 194 g/mol. The molecule has 4 heteroatoms. The molecule has 0 radical (unpaired) electrons. The fourth-order valence-corrected chi connectivity index (χ4v) is 1.000. The van der Waals surface area contributed by atoms with Crippen LogP contribution in [0.1, 0.15) is 0 Å². The van der Waals surface area contributed by atoms with Crippen molar-refractivity contribution in [3.05, 3.63) is 30.3 Å². The van der Waals surface area contributed by atoms with Crippen LogP contribution >= 0.6 is 0 Å². The number of carbonyl (C=O) groups is 1. The number of rotatable bonds is 4. The summed E-state index contributed by atoms with van der Waals surface area (Å²) < 4.78 is 4.42. The molecule has 0 saturated heterocycles. The molecule has 0 aliphatic heterocycles. The third kappa shape index (κ3) is 3.80. The number of carbonyl (C=O) groups excluding carboxylic acids is 1. The number of anilines is 1. The number of benzene rings is 1. The van der Waals surface area contributed by atoms with Gasteiger partial charge >= 0.3 is 6.09 Å². The summed E-state index contributed by atoms with van der Waals surface area (Å²) in [5.74, 6) is 0. The van der Waals surface area contributed by atoms with Gasteiger partial charge in [-0.05, 0) is 12.1 Å². The monoisotopic (exact) mass is 194 g/mol. The molecule has 0 spiro atoms. The van der Waals surface area contributed by atoms with Gasteiger partial charge in [-0.3, -0.25) is 0 Å². The molecule has 0 bridgehead atoms. The van der Waals surface area contributed by atoms with Gasteiger partial charge < -0.3 is 15.4 Å². The normalized spacial score (nSPS) is 9.21. The lowest BCUT2D eigenvalue weighted by molar-refractivity contribution is 0.171. The maximum Gasteiger partial charge on any atom is 0.406 e. The standard InChI is InChI=1S/C10H14N2O2/c1-14-10(13)12-8-7-11-9-5-3-2-4-6-9/h2-6,11H,7-8H2,1H3,(H,12,13). The van der Waals surface area contributed by atoms with Gasteiger partial charge in [0, 0.05) is 18.8 Å². The highest BCUT2D eigenvalue weighted by molar-refractivity contribution is 5.66. The zero-order valence-corrected chi connectivity index (χ0v) is 8.12. The first-order chi connectivity index (χ1) is 6.83. The Balaban J connectivity index is 2.13. The van der Waals surface area contributed by atoms with Crippen molar-refractivity contribution >= 4 is 11.8 Å². The number of ether oxygens (including phenoxy) is 1. The zero-order valence-electron chi connectivity index (χ0n) is 8.12. The van der Waals surface area contributed by atoms with Crippen LogP contribution in [-0.4, -0.2) is 26.3 Å². The fraction of sp³-hybridized carbons (Fsp3) is 0.300. The van der Waals surface area contributed by atoms with E-state index in [1.54, 1.807) is 0 Å². The molecule has 1 aromatic carbocycles. The van der Waals surface area contributed by atoms with Crippen molar-refractivity contribution in [2.24, 2.45) is 0 Å². The van der Waals surface area contributed by atoms with Crippen LogP contribution in [0.25, 0.3) is 0 Å². The molecule has 1 amide bonds. The van der Waals surface area contributed by atoms with Crippen molar-refractivity contribution in [1.29, 1.82) is 0 Å². The molecule has 14 heavy (non-hydrogen) atoms. The van der Waals surface area contributed by atoms with E-state index in [2.05, 4.69) is 15.4 Å². The molecule has 0 aliphatic carbocycles. The second kappa shape index (κ2) is 5.85. The van der Waals surface area contributed by atoms with E-state index in [1.807, 2.05) is 30.3 Å². The van der Waals surface area contributed by atoms with Crippen LogP contribution in [0, 0.1) is 0 Å². The minimum atomic E-state index is -0.403. The minimum absolute atomic E-state index is 0.403. The molecule has 4 nitrogen and oxygen atoms in total. The van der Waals surface area contributed by atoms with Crippen LogP contribution in [0.2, 0.25) is 0 Å². The van der Waals surface area contributed by atoms with E-state index in [1.165, 1.54) is 7.11 Å². The molecule has 1 rings (SSSR count). The van der Waals surface area contributed by atoms with E-state index >= 15 is 0 Å². The van der Waals surface area contributed by atoms with Crippen LogP contribution in [0.3, 0.4) is 0 Å². The third-order valence-corrected chi connectivity index (χ3v) is 1.68. The predicted molar refractivity (Wildman–Crippen MR) is 55.3 cm³/mol. The number of para-hydroxylation sites is 1. The maximum absolute atomic E-state index is 10.7. The minimum Gasteiger partial charge on any atom is -0.453 e. The molecular weight excluding hydrogens is 180 g/mol. The van der Waals surface area contributed by atoms with E-state index < -0.39 is 6.09 Å². The van der Waals surface area contributed by atoms with Crippen molar-refractivity contribution in [2.45, 2.75) is 0 Å². The molecule has 0 saturated carbocycles. The third-order valence-electron chi connectivity index (χ3n) is 1.68. The van der Waals surface area contributed by atoms with Gasteiger partial charge in [0.25, 0.3) is 0 Å². The van der Waals surface area contributed by atoms with Crippen molar-refractivity contribution in [3.63, 3.8) is 0 Å². The number of nitrogens with one attached hydrogen (secondary N) is 2. The molecule has 1 aromatic rings. The number of hydrogen-bond acceptors (Lipinski definition) is 3. The zero-order chi connectivity index (χ0) is 10.2. The van der Waals surface area contributed by atoms with Crippen LogP contribution in [-0.2, 0) is 4.74 Å². The van der Waals surface area contributed by atoms with Crippen molar-refractivity contribution in [2.75, 3.05) is 25.5 Å². The Morgan fingerprint density at radius 1 is 1.29 bits per heavy atom. The topological polar surface area (TPSA) is 50.4 Å². The Morgan fingerprint density at radius 2 is 2.00 bits per heavy atom. The van der Waals surface area contributed by atoms with Crippen molar-refractivity contribution < 1.29 is 9.53 Å². The lowest BCUT2D eigenvalue weighted by Gasteiger charge is -2.06. The van der Waals surface area contributed by atoms with Crippen LogP contribution in [0.15, 0.2) is 30.3 Å². The lowest BCUT2D eigenvalue weighted by Crippen LogP contribution is -2.28. The van der Waals surface area contributed by atoms with Crippen LogP contribution in [0.5, 0.6) is 0 Å². The Kier molecular flexibility index (Phi) is 4.34. The molecule has 0 atom stereocenters. The molecule has 76 valence electrons. The summed E-state index contributed by atoms with van der Waals surface area (Å²) in [6.45, 7) is 1.22. The van der Waals surface area contributed by atoms with E-state index in [0.717, 1.165) is 5.69 Å². The van der Waals surface area contributed by atoms with Gasteiger partial charge in [0.15, 0.2) is 0 Å². The molecule has 0 unspecified atom stereocenters. The lowest BCUT2D eigenvalue weighted by atomic mass is 10.3. The highest BCUT2D eigenvalue weighted by Gasteiger charge is 1.95. The van der Waals surface area contributed by atoms with E-state index in [9.17, 15) is 4.79 Å². The van der Waals surface area contributed by atoms with Gasteiger partial charge in [-0.15, -0.1) is 0 Å². The molecule has 0 heterocycles. The van der Waals surface area contributed by atoms with Crippen LogP contribution < -0.4 is 10.6 Å². The van der Waals surface area contributed by atoms with Crippen molar-refractivity contribution in [1.82, 2.24) is 5.32 Å². The largest absolute Gasteiger partial charge is 0.453 e. The van der Waals surface area contributed by atoms with E-state index in [-0.39, 0.29) is 0 Å². The highest BCUT2D eigenvalue weighted by atomic mass is 16.5. The molecule has 2 N–H and O–H groups in total. The molecular formula is C10H14N2O2. The van der Waals surface area contributed by atoms with Crippen LogP contribution in [0.4, 0.5) is 10.5 Å². The quantitative estimate of drug-likeness (QED) is 0.713. The van der Waals surface area contributed by atoms with Gasteiger partial charge in [0.1, 0.15) is 0 Å². The van der Waals surface area contributed by atoms with Crippen molar-refractivity contribution in [3.8, 4) is 0 Å². The number of hydrogen-bond donors (Lipinski definition) is 2. The first-order valence-corrected chi connectivity index (χ1v) is 4.43. The molecule has 0 aromatic heterocycles. The summed E-state index contributed by atoms with van der Waals surface area (Å²) in [6.07, 6.45) is -0.403. The summed E-state index contributed by atoms with van der Waals surface area (Å²) >= 11 is 0. The second-order valence-electron chi connectivity index (χ2n) is 2.71. The Labute approximate surface area is 83.3 Å². The second-order valence-corrected chi connectivity index (χ2v) is 2.71. The Morgan fingerprint density at radius 3 is 2.64 bits per heavy atom. The Hall–Kier alpha value is -1.71. The van der Waals surface area contributed by atoms with Gasteiger partial charge in [-0.1, -0.05) is 18.2 Å². The summed E-state index contributed by atoms with van der Waals surface area (Å²) in [5, 5.41) is 5.73. The summed E-state index contributed by atoms with van der Waals surface area (Å²) in [7, 11) is 1.35. The molecule has 0 fully saturated rings. The summed E-state index contributed by atoms with van der Waals surface area (Å²) in [4.78, 5) is 10.7. The van der Waals surface area contributed by atoms with E-state index in [0.29, 0.717) is 13.1 Å². The molecule has 0 aliphatic rings. The summed E-state index contributed by atoms with van der Waals surface area (Å²) in [6, 6.07) is 9.81. The SMILES string of the molecule is COC(=O)NCCNc1ccccc1. The number of methoxy groups -OCH3 is 1. The van der Waals surface area contributed by atoms with Gasteiger partial charge in [0.05, 0.1) is 7.11 Å². The smallest absolute Gasteiger partial charge is 0.406 e. The fourth-order valence-electron chi connectivity index (χ4n) is 1.000. The first-order valence-electron chi connectivity index (χ1n) is 4.43. The summed E-state index contributed by atoms with van der Waals surface area (Å²) in [5.41, 5.74) is 1.04. The number of alkyl carbamates (subject to hydrolysis) is 1. The Bertz CT molecular complexity index is 275. The maximum atomic E-state index is 10.7. The number of amides is 1. The van der Waals surface area contributed by atoms with Gasteiger partial charge in [0.2, 0.25) is 0 Å². The first kappa shape index (κ1) is 10.4. The van der Waals surface area contributed by atoms with Gasteiger partial charge in [-0.25, -0.2) is 4.79 Å². The van der Waals surface area contributed by atoms with E-state index in [4.69, 9.17) is 0 Å². The van der Waals surface area contributed by atoms with Gasteiger partial charge in [-0.2, -0.15) is 0 Å². The predicted octanol–water partition coefficient (Wildman–Crippen LogP) is 1.45. The average Bonchev–Trinajstić information content (AvgIpc) is 2.25. The highest BCUT2D eigenvalue weighted by Crippen LogP contribution is 2.03.